The number of nitrogens with two attached hydrogens (primary N) is 1. The Morgan fingerprint density at radius 1 is 1.25 bits per heavy atom. The number of guanidine groups is 1. The van der Waals surface area contributed by atoms with E-state index in [0.29, 0.717) is 5.96 Å². The second kappa shape index (κ2) is 4.46. The van der Waals surface area contributed by atoms with Crippen LogP contribution in [-0.4, -0.2) is 42.1 Å². The molecule has 0 bridgehead atoms. The summed E-state index contributed by atoms with van der Waals surface area (Å²) in [5.74, 6) is 0.671. The molecule has 4 nitrogen and oxygen atoms in total. The molecule has 1 saturated carbocycles. The summed E-state index contributed by atoms with van der Waals surface area (Å²) in [4.78, 5) is 9.44. The van der Waals surface area contributed by atoms with Crippen molar-refractivity contribution in [2.45, 2.75) is 30.8 Å². The normalized spacial score (nSPS) is 30.2. The van der Waals surface area contributed by atoms with E-state index in [4.69, 9.17) is 5.73 Å². The Morgan fingerprint density at radius 2 is 2.00 bits per heavy atom. The molecule has 5 heteroatoms. The number of hydrogen-bond acceptors (Lipinski definition) is 4. The predicted octanol–water partition coefficient (Wildman–Crippen LogP) is 2.19. The van der Waals surface area contributed by atoms with Crippen LogP contribution in [0.2, 0.25) is 0 Å². The molecule has 1 saturated heterocycles. The van der Waals surface area contributed by atoms with Crippen molar-refractivity contribution in [3.05, 3.63) is 28.7 Å². The Morgan fingerprint density at radius 3 is 2.70 bits per heavy atom. The van der Waals surface area contributed by atoms with Crippen LogP contribution in [0, 0.1) is 0 Å². The zero-order valence-electron chi connectivity index (χ0n) is 11.4. The van der Waals surface area contributed by atoms with E-state index in [0.717, 1.165) is 35.7 Å². The SMILES string of the molecule is NC1=NCC2(CCN(C3CC3)C2)N1c1ccc(Br)cc1. The largest absolute Gasteiger partial charge is 0.369 e. The molecule has 1 aromatic rings. The van der Waals surface area contributed by atoms with Gasteiger partial charge in [-0.15, -0.1) is 0 Å². The number of halogens is 1. The topological polar surface area (TPSA) is 44.9 Å². The molecule has 20 heavy (non-hydrogen) atoms. The average Bonchev–Trinajstić information content (AvgIpc) is 3.14. The first-order chi connectivity index (χ1) is 9.68. The molecule has 2 heterocycles. The van der Waals surface area contributed by atoms with Gasteiger partial charge in [0.15, 0.2) is 5.96 Å². The summed E-state index contributed by atoms with van der Waals surface area (Å²) in [7, 11) is 0. The Bertz CT molecular complexity index is 551. The van der Waals surface area contributed by atoms with Gasteiger partial charge in [-0.1, -0.05) is 15.9 Å². The van der Waals surface area contributed by atoms with Crippen molar-refractivity contribution in [2.24, 2.45) is 10.7 Å². The van der Waals surface area contributed by atoms with E-state index in [9.17, 15) is 0 Å². The first kappa shape index (κ1) is 12.7. The lowest BCUT2D eigenvalue weighted by Crippen LogP contribution is -2.53. The van der Waals surface area contributed by atoms with Crippen LogP contribution in [0.4, 0.5) is 5.69 Å². The average molecular weight is 335 g/mol. The van der Waals surface area contributed by atoms with Gasteiger partial charge >= 0.3 is 0 Å². The number of nitrogens with zero attached hydrogens (tertiary/aromatic N) is 3. The molecule has 0 radical (unpaired) electrons. The smallest absolute Gasteiger partial charge is 0.196 e. The van der Waals surface area contributed by atoms with Crippen molar-refractivity contribution in [1.29, 1.82) is 0 Å². The highest BCUT2D eigenvalue weighted by atomic mass is 79.9. The van der Waals surface area contributed by atoms with Gasteiger partial charge in [-0.25, -0.2) is 0 Å². The van der Waals surface area contributed by atoms with E-state index < -0.39 is 0 Å². The van der Waals surface area contributed by atoms with E-state index in [1.807, 2.05) is 0 Å². The Balaban J connectivity index is 1.65. The summed E-state index contributed by atoms with van der Waals surface area (Å²) in [6.07, 6.45) is 3.89. The summed E-state index contributed by atoms with van der Waals surface area (Å²) in [6.45, 7) is 3.11. The third kappa shape index (κ3) is 1.95. The summed E-state index contributed by atoms with van der Waals surface area (Å²) >= 11 is 3.49. The van der Waals surface area contributed by atoms with Crippen LogP contribution in [-0.2, 0) is 0 Å². The number of benzene rings is 1. The third-order valence-electron chi connectivity index (χ3n) is 4.75. The number of rotatable bonds is 2. The van der Waals surface area contributed by atoms with Gasteiger partial charge in [0.2, 0.25) is 0 Å². The highest BCUT2D eigenvalue weighted by Gasteiger charge is 2.50. The van der Waals surface area contributed by atoms with Crippen molar-refractivity contribution in [1.82, 2.24) is 4.90 Å². The molecule has 2 fully saturated rings. The van der Waals surface area contributed by atoms with Crippen LogP contribution in [0.3, 0.4) is 0 Å². The monoisotopic (exact) mass is 334 g/mol. The van der Waals surface area contributed by atoms with Gasteiger partial charge in [-0.05, 0) is 43.5 Å². The Kier molecular flexibility index (Phi) is 2.82. The molecule has 2 aliphatic heterocycles. The van der Waals surface area contributed by atoms with Crippen molar-refractivity contribution in [3.63, 3.8) is 0 Å². The zero-order chi connectivity index (χ0) is 13.7. The molecule has 0 aromatic heterocycles. The van der Waals surface area contributed by atoms with Gasteiger partial charge in [0.1, 0.15) is 0 Å². The van der Waals surface area contributed by atoms with Crippen LogP contribution in [0.1, 0.15) is 19.3 Å². The highest BCUT2D eigenvalue weighted by Crippen LogP contribution is 2.40. The zero-order valence-corrected chi connectivity index (χ0v) is 13.0. The number of aliphatic imine (C=N–C) groups is 1. The standard InChI is InChI=1S/C15H19BrN4/c16-11-1-3-13(4-2-11)20-14(17)18-9-15(20)7-8-19(10-15)12-5-6-12/h1-4,12H,5-10H2,(H2,17,18). The number of likely N-dealkylation sites (tertiary alicyclic amines) is 1. The molecule has 1 aromatic carbocycles. The van der Waals surface area contributed by atoms with Gasteiger partial charge in [-0.2, -0.15) is 0 Å². The summed E-state index contributed by atoms with van der Waals surface area (Å²) in [5.41, 5.74) is 7.43. The second-order valence-electron chi connectivity index (χ2n) is 6.16. The van der Waals surface area contributed by atoms with Crippen LogP contribution in [0.25, 0.3) is 0 Å². The van der Waals surface area contributed by atoms with E-state index in [1.54, 1.807) is 0 Å². The third-order valence-corrected chi connectivity index (χ3v) is 5.28. The second-order valence-corrected chi connectivity index (χ2v) is 7.08. The highest BCUT2D eigenvalue weighted by molar-refractivity contribution is 9.10. The van der Waals surface area contributed by atoms with Gasteiger partial charge in [0, 0.05) is 29.3 Å². The molecule has 106 valence electrons. The molecule has 1 atom stereocenters. The van der Waals surface area contributed by atoms with Gasteiger partial charge < -0.3 is 10.6 Å². The molecule has 1 aliphatic carbocycles. The first-order valence-corrected chi connectivity index (χ1v) is 8.07. The lowest BCUT2D eigenvalue weighted by Gasteiger charge is -2.36. The molecule has 3 aliphatic rings. The number of hydrogen-bond donors (Lipinski definition) is 1. The van der Waals surface area contributed by atoms with Gasteiger partial charge in [0.25, 0.3) is 0 Å². The van der Waals surface area contributed by atoms with Crippen molar-refractivity contribution < 1.29 is 0 Å². The fourth-order valence-corrected chi connectivity index (χ4v) is 3.82. The van der Waals surface area contributed by atoms with Gasteiger partial charge in [0.05, 0.1) is 12.1 Å². The van der Waals surface area contributed by atoms with Gasteiger partial charge in [-0.3, -0.25) is 9.89 Å². The molecule has 4 rings (SSSR count). The van der Waals surface area contributed by atoms with Crippen LogP contribution < -0.4 is 10.6 Å². The molecule has 0 amide bonds. The first-order valence-electron chi connectivity index (χ1n) is 7.28. The van der Waals surface area contributed by atoms with Crippen LogP contribution in [0.15, 0.2) is 33.7 Å². The van der Waals surface area contributed by atoms with E-state index in [-0.39, 0.29) is 5.54 Å². The number of anilines is 1. The van der Waals surface area contributed by atoms with Crippen molar-refractivity contribution in [2.75, 3.05) is 24.5 Å². The van der Waals surface area contributed by atoms with Crippen molar-refractivity contribution >= 4 is 27.6 Å². The fraction of sp³-hybridized carbons (Fsp3) is 0.533. The van der Waals surface area contributed by atoms with E-state index >= 15 is 0 Å². The van der Waals surface area contributed by atoms with Crippen LogP contribution >= 0.6 is 15.9 Å². The minimum absolute atomic E-state index is 0.0838. The summed E-state index contributed by atoms with van der Waals surface area (Å²) in [6, 6.07) is 9.21. The molecule has 1 spiro atoms. The maximum absolute atomic E-state index is 6.19. The lowest BCUT2D eigenvalue weighted by molar-refractivity contribution is 0.306. The maximum atomic E-state index is 6.19. The summed E-state index contributed by atoms with van der Waals surface area (Å²) in [5, 5.41) is 0. The minimum Gasteiger partial charge on any atom is -0.369 e. The lowest BCUT2D eigenvalue weighted by atomic mass is 9.97. The molecule has 1 unspecified atom stereocenters. The molecular weight excluding hydrogens is 316 g/mol. The molecule has 2 N–H and O–H groups in total. The predicted molar refractivity (Wildman–Crippen MR) is 85.1 cm³/mol. The quantitative estimate of drug-likeness (QED) is 0.901. The van der Waals surface area contributed by atoms with E-state index in [2.05, 4.69) is 55.0 Å². The minimum atomic E-state index is 0.0838. The van der Waals surface area contributed by atoms with E-state index in [1.165, 1.54) is 19.4 Å². The Hall–Kier alpha value is -1.07. The summed E-state index contributed by atoms with van der Waals surface area (Å²) < 4.78 is 1.09. The molecular formula is C15H19BrN4. The van der Waals surface area contributed by atoms with Crippen LogP contribution in [0.5, 0.6) is 0 Å². The Labute approximate surface area is 127 Å². The maximum Gasteiger partial charge on any atom is 0.196 e. The van der Waals surface area contributed by atoms with Crippen molar-refractivity contribution in [3.8, 4) is 0 Å². The fourth-order valence-electron chi connectivity index (χ4n) is 3.56.